The van der Waals surface area contributed by atoms with Gasteiger partial charge in [0.1, 0.15) is 5.60 Å². The fraction of sp³-hybridized carbons (Fsp3) is 0.467. The predicted molar refractivity (Wildman–Crippen MR) is 87.8 cm³/mol. The minimum Gasteiger partial charge on any atom is -0.481 e. The zero-order valence-electron chi connectivity index (χ0n) is 12.2. The molecule has 0 saturated heterocycles. The van der Waals surface area contributed by atoms with Gasteiger partial charge in [-0.1, -0.05) is 30.3 Å². The monoisotopic (exact) mass is 328 g/mol. The lowest BCUT2D eigenvalue weighted by Crippen LogP contribution is -2.44. The molecular weight excluding hydrogens is 308 g/mol. The molecule has 0 spiro atoms. The molecular formula is C15H20O4S2. The summed E-state index contributed by atoms with van der Waals surface area (Å²) in [5.74, 6) is -3.01. The Morgan fingerprint density at radius 1 is 1.19 bits per heavy atom. The number of carboxylic acids is 1. The highest BCUT2D eigenvalue weighted by Gasteiger charge is 2.46. The van der Waals surface area contributed by atoms with Crippen molar-refractivity contribution in [2.75, 3.05) is 0 Å². The number of hydrogen-bond acceptors (Lipinski definition) is 5. The molecule has 116 valence electrons. The number of carbonyl (C=O) groups excluding carboxylic acids is 1. The smallest absolute Gasteiger partial charge is 0.333 e. The fourth-order valence-corrected chi connectivity index (χ4v) is 2.24. The zero-order valence-corrected chi connectivity index (χ0v) is 14.0. The number of aliphatic carboxylic acids is 1. The van der Waals surface area contributed by atoms with E-state index in [1.54, 1.807) is 45.0 Å². The SMILES string of the molecule is CC(C)(C)OC(=O)C(S)(S)C(Cc1ccccc1)C(=O)O. The maximum Gasteiger partial charge on any atom is 0.333 e. The second-order valence-electron chi connectivity index (χ2n) is 5.81. The topological polar surface area (TPSA) is 63.6 Å². The van der Waals surface area contributed by atoms with E-state index in [4.69, 9.17) is 4.74 Å². The Labute approximate surface area is 135 Å². The molecule has 0 heterocycles. The largest absolute Gasteiger partial charge is 0.481 e. The highest BCUT2D eigenvalue weighted by atomic mass is 32.2. The third-order valence-corrected chi connectivity index (χ3v) is 3.75. The quantitative estimate of drug-likeness (QED) is 0.442. The molecule has 0 aliphatic carbocycles. The molecule has 1 aromatic rings. The third kappa shape index (κ3) is 5.28. The Hall–Kier alpha value is -1.14. The molecule has 21 heavy (non-hydrogen) atoms. The molecule has 6 heteroatoms. The van der Waals surface area contributed by atoms with Gasteiger partial charge in [-0.3, -0.25) is 4.79 Å². The van der Waals surface area contributed by atoms with Gasteiger partial charge in [-0.25, -0.2) is 4.79 Å². The van der Waals surface area contributed by atoms with Crippen molar-refractivity contribution in [3.63, 3.8) is 0 Å². The van der Waals surface area contributed by atoms with Crippen LogP contribution >= 0.6 is 25.3 Å². The summed E-state index contributed by atoms with van der Waals surface area (Å²) in [6.07, 6.45) is 0.141. The van der Waals surface area contributed by atoms with Gasteiger partial charge in [0.25, 0.3) is 0 Å². The highest BCUT2D eigenvalue weighted by molar-refractivity contribution is 8.02. The summed E-state index contributed by atoms with van der Waals surface area (Å²) < 4.78 is 3.50. The van der Waals surface area contributed by atoms with Crippen LogP contribution in [-0.2, 0) is 20.7 Å². The number of carbonyl (C=O) groups is 2. The Kier molecular flexibility index (Phi) is 5.75. The second-order valence-corrected chi connectivity index (χ2v) is 7.57. The maximum atomic E-state index is 12.2. The van der Waals surface area contributed by atoms with Gasteiger partial charge in [0.15, 0.2) is 4.08 Å². The molecule has 1 aromatic carbocycles. The summed E-state index contributed by atoms with van der Waals surface area (Å²) in [6, 6.07) is 9.04. The highest BCUT2D eigenvalue weighted by Crippen LogP contribution is 2.35. The first-order valence-electron chi connectivity index (χ1n) is 6.49. The fourth-order valence-electron chi connectivity index (χ4n) is 1.75. The van der Waals surface area contributed by atoms with Crippen molar-refractivity contribution in [1.82, 2.24) is 0 Å². The van der Waals surface area contributed by atoms with Crippen LogP contribution in [-0.4, -0.2) is 26.7 Å². The number of ether oxygens (including phenoxy) is 1. The van der Waals surface area contributed by atoms with Crippen LogP contribution in [0.5, 0.6) is 0 Å². The average Bonchev–Trinajstić information content (AvgIpc) is 2.34. The lowest BCUT2D eigenvalue weighted by Gasteiger charge is -2.31. The van der Waals surface area contributed by atoms with Gasteiger partial charge in [0.05, 0.1) is 5.92 Å². The maximum absolute atomic E-state index is 12.2. The van der Waals surface area contributed by atoms with Gasteiger partial charge in [0.2, 0.25) is 0 Å². The van der Waals surface area contributed by atoms with Crippen molar-refractivity contribution >= 4 is 37.2 Å². The Morgan fingerprint density at radius 3 is 2.14 bits per heavy atom. The summed E-state index contributed by atoms with van der Waals surface area (Å²) in [4.78, 5) is 23.7. The van der Waals surface area contributed by atoms with Crippen LogP contribution in [0.2, 0.25) is 0 Å². The van der Waals surface area contributed by atoms with Crippen molar-refractivity contribution in [3.05, 3.63) is 35.9 Å². The van der Waals surface area contributed by atoms with Gasteiger partial charge in [-0.05, 0) is 32.8 Å². The number of hydrogen-bond donors (Lipinski definition) is 3. The number of thiol groups is 2. The van der Waals surface area contributed by atoms with E-state index in [0.29, 0.717) is 0 Å². The van der Waals surface area contributed by atoms with Gasteiger partial charge < -0.3 is 9.84 Å². The minimum atomic E-state index is -1.71. The van der Waals surface area contributed by atoms with Crippen LogP contribution in [0.25, 0.3) is 0 Å². The van der Waals surface area contributed by atoms with Crippen molar-refractivity contribution < 1.29 is 19.4 Å². The molecule has 0 amide bonds. The zero-order chi connectivity index (χ0) is 16.3. The van der Waals surface area contributed by atoms with E-state index in [1.807, 2.05) is 6.07 Å². The first-order chi connectivity index (χ1) is 9.54. The molecule has 1 unspecified atom stereocenters. The van der Waals surface area contributed by atoms with E-state index in [-0.39, 0.29) is 6.42 Å². The van der Waals surface area contributed by atoms with E-state index in [9.17, 15) is 14.7 Å². The Balaban J connectivity index is 2.98. The van der Waals surface area contributed by atoms with Crippen molar-refractivity contribution in [2.45, 2.75) is 36.9 Å². The van der Waals surface area contributed by atoms with Gasteiger partial charge in [-0.2, -0.15) is 0 Å². The third-order valence-electron chi connectivity index (χ3n) is 2.77. The van der Waals surface area contributed by atoms with Crippen LogP contribution in [0.3, 0.4) is 0 Å². The lowest BCUT2D eigenvalue weighted by atomic mass is 9.95. The molecule has 0 bridgehead atoms. The molecule has 1 rings (SSSR count). The van der Waals surface area contributed by atoms with E-state index in [0.717, 1.165) is 5.56 Å². The molecule has 0 saturated carbocycles. The summed E-state index contributed by atoms with van der Waals surface area (Å²) in [7, 11) is 0. The Morgan fingerprint density at radius 2 is 1.71 bits per heavy atom. The normalized spacial score (nSPS) is 13.6. The molecule has 4 nitrogen and oxygen atoms in total. The molecule has 1 atom stereocenters. The number of carboxylic acid groups (broad SMARTS) is 1. The summed E-state index contributed by atoms with van der Waals surface area (Å²) in [5.41, 5.74) is 0.0600. The Bertz CT molecular complexity index is 506. The number of esters is 1. The average molecular weight is 328 g/mol. The number of benzene rings is 1. The van der Waals surface area contributed by atoms with E-state index >= 15 is 0 Å². The van der Waals surface area contributed by atoms with Crippen molar-refractivity contribution in [1.29, 1.82) is 0 Å². The van der Waals surface area contributed by atoms with Crippen LogP contribution in [0.15, 0.2) is 30.3 Å². The van der Waals surface area contributed by atoms with Crippen molar-refractivity contribution in [3.8, 4) is 0 Å². The summed E-state index contributed by atoms with van der Waals surface area (Å²) >= 11 is 8.33. The van der Waals surface area contributed by atoms with E-state index in [1.165, 1.54) is 0 Å². The van der Waals surface area contributed by atoms with E-state index < -0.39 is 27.5 Å². The van der Waals surface area contributed by atoms with Crippen LogP contribution in [0, 0.1) is 5.92 Å². The van der Waals surface area contributed by atoms with Crippen LogP contribution < -0.4 is 0 Å². The molecule has 0 aliphatic rings. The molecule has 0 radical (unpaired) electrons. The molecule has 0 aliphatic heterocycles. The van der Waals surface area contributed by atoms with Crippen LogP contribution in [0.4, 0.5) is 0 Å². The van der Waals surface area contributed by atoms with Crippen LogP contribution in [0.1, 0.15) is 26.3 Å². The first-order valence-corrected chi connectivity index (χ1v) is 7.38. The van der Waals surface area contributed by atoms with Gasteiger partial charge >= 0.3 is 11.9 Å². The van der Waals surface area contributed by atoms with Gasteiger partial charge in [-0.15, -0.1) is 25.3 Å². The molecule has 0 fully saturated rings. The predicted octanol–water partition coefficient (Wildman–Crippen LogP) is 2.83. The molecule has 0 aromatic heterocycles. The second kappa shape index (κ2) is 6.75. The van der Waals surface area contributed by atoms with Crippen molar-refractivity contribution in [2.24, 2.45) is 5.92 Å². The first kappa shape index (κ1) is 17.9. The van der Waals surface area contributed by atoms with E-state index in [2.05, 4.69) is 25.3 Å². The lowest BCUT2D eigenvalue weighted by molar-refractivity contribution is -0.160. The minimum absolute atomic E-state index is 0.141. The standard InChI is InChI=1S/C15H20O4S2/c1-14(2,3)19-13(18)15(20,21)11(12(16)17)9-10-7-5-4-6-8-10/h4-8,11,20-21H,9H2,1-3H3,(H,16,17). The summed E-state index contributed by atoms with van der Waals surface area (Å²) in [6.45, 7) is 5.11. The molecule has 1 N–H and O–H groups in total. The number of rotatable bonds is 5. The van der Waals surface area contributed by atoms with Gasteiger partial charge in [0, 0.05) is 0 Å². The summed E-state index contributed by atoms with van der Waals surface area (Å²) in [5, 5.41) is 9.41.